The number of nitrogens with zero attached hydrogens (tertiary/aromatic N) is 2. The van der Waals surface area contributed by atoms with Crippen molar-refractivity contribution in [2.24, 2.45) is 17.6 Å². The zero-order chi connectivity index (χ0) is 15.4. The SMILES string of the molecule is Cl.Cl.NC[C@H]1CCC[C@H]1C(=O)NC1CCN(c2ccccn2)CC1. The maximum Gasteiger partial charge on any atom is 0.223 e. The molecule has 3 N–H and O–H groups in total. The smallest absolute Gasteiger partial charge is 0.223 e. The minimum atomic E-state index is 0. The quantitative estimate of drug-likeness (QED) is 0.848. The molecule has 1 aliphatic heterocycles. The number of rotatable bonds is 4. The molecule has 2 atom stereocenters. The molecule has 136 valence electrons. The van der Waals surface area contributed by atoms with Crippen LogP contribution in [0.2, 0.25) is 0 Å². The molecule has 2 aliphatic rings. The molecular formula is C17H28Cl2N4O. The standard InChI is InChI=1S/C17H26N4O.2ClH/c18-12-13-4-3-5-15(13)17(22)20-14-7-10-21(11-8-14)16-6-1-2-9-19-16;;/h1-2,6,9,13-15H,3-5,7-8,10-12,18H2,(H,20,22);2*1H/t13-,15-;;/m1../s1. The van der Waals surface area contributed by atoms with Crippen molar-refractivity contribution in [1.29, 1.82) is 0 Å². The summed E-state index contributed by atoms with van der Waals surface area (Å²) in [6.45, 7) is 2.54. The van der Waals surface area contributed by atoms with Gasteiger partial charge >= 0.3 is 0 Å². The molecule has 1 aromatic rings. The fourth-order valence-electron chi connectivity index (χ4n) is 3.77. The van der Waals surface area contributed by atoms with Crippen LogP contribution >= 0.6 is 24.8 Å². The number of anilines is 1. The van der Waals surface area contributed by atoms with E-state index >= 15 is 0 Å². The summed E-state index contributed by atoms with van der Waals surface area (Å²) in [7, 11) is 0. The lowest BCUT2D eigenvalue weighted by atomic mass is 9.94. The molecule has 0 spiro atoms. The number of aromatic nitrogens is 1. The maximum atomic E-state index is 12.4. The van der Waals surface area contributed by atoms with Crippen molar-refractivity contribution in [3.05, 3.63) is 24.4 Å². The maximum absolute atomic E-state index is 12.4. The molecule has 0 unspecified atom stereocenters. The van der Waals surface area contributed by atoms with Gasteiger partial charge in [-0.15, -0.1) is 24.8 Å². The van der Waals surface area contributed by atoms with E-state index < -0.39 is 0 Å². The van der Waals surface area contributed by atoms with Crippen molar-refractivity contribution >= 4 is 36.5 Å². The third-order valence-corrected chi connectivity index (χ3v) is 5.11. The lowest BCUT2D eigenvalue weighted by Crippen LogP contribution is -2.47. The third-order valence-electron chi connectivity index (χ3n) is 5.11. The van der Waals surface area contributed by atoms with E-state index in [1.165, 1.54) is 0 Å². The lowest BCUT2D eigenvalue weighted by molar-refractivity contribution is -0.126. The zero-order valence-corrected chi connectivity index (χ0v) is 15.5. The number of amides is 1. The van der Waals surface area contributed by atoms with Crippen LogP contribution in [-0.2, 0) is 4.79 Å². The van der Waals surface area contributed by atoms with Crippen LogP contribution in [0, 0.1) is 11.8 Å². The van der Waals surface area contributed by atoms with Gasteiger partial charge < -0.3 is 16.0 Å². The van der Waals surface area contributed by atoms with Gasteiger partial charge in [-0.1, -0.05) is 12.5 Å². The zero-order valence-electron chi connectivity index (χ0n) is 13.9. The van der Waals surface area contributed by atoms with E-state index in [2.05, 4.69) is 15.2 Å². The summed E-state index contributed by atoms with van der Waals surface area (Å²) in [6, 6.07) is 6.30. The van der Waals surface area contributed by atoms with Gasteiger partial charge in [0.2, 0.25) is 5.91 Å². The number of carbonyl (C=O) groups excluding carboxylic acids is 1. The van der Waals surface area contributed by atoms with Gasteiger partial charge in [-0.2, -0.15) is 0 Å². The van der Waals surface area contributed by atoms with Gasteiger partial charge in [-0.3, -0.25) is 4.79 Å². The van der Waals surface area contributed by atoms with Gasteiger partial charge in [0.25, 0.3) is 0 Å². The van der Waals surface area contributed by atoms with Crippen molar-refractivity contribution in [3.8, 4) is 0 Å². The third kappa shape index (κ3) is 4.98. The molecule has 0 radical (unpaired) electrons. The normalized spacial score (nSPS) is 24.0. The highest BCUT2D eigenvalue weighted by atomic mass is 35.5. The molecule has 24 heavy (non-hydrogen) atoms. The van der Waals surface area contributed by atoms with Crippen LogP contribution in [0.15, 0.2) is 24.4 Å². The second-order valence-corrected chi connectivity index (χ2v) is 6.49. The van der Waals surface area contributed by atoms with Crippen LogP contribution in [0.25, 0.3) is 0 Å². The van der Waals surface area contributed by atoms with Gasteiger partial charge in [0.15, 0.2) is 0 Å². The van der Waals surface area contributed by atoms with Gasteiger partial charge in [0.05, 0.1) is 0 Å². The Hall–Kier alpha value is -1.04. The van der Waals surface area contributed by atoms with Crippen LogP contribution in [0.4, 0.5) is 5.82 Å². The molecule has 1 saturated carbocycles. The van der Waals surface area contributed by atoms with Crippen LogP contribution in [0.3, 0.4) is 0 Å². The Kier molecular flexibility index (Phi) is 8.81. The molecule has 1 amide bonds. The molecular weight excluding hydrogens is 347 g/mol. The largest absolute Gasteiger partial charge is 0.356 e. The number of hydrogen-bond acceptors (Lipinski definition) is 4. The van der Waals surface area contributed by atoms with E-state index in [1.54, 1.807) is 0 Å². The van der Waals surface area contributed by atoms with Crippen molar-refractivity contribution in [3.63, 3.8) is 0 Å². The summed E-state index contributed by atoms with van der Waals surface area (Å²) in [4.78, 5) is 19.1. The van der Waals surface area contributed by atoms with E-state index in [1.807, 2.05) is 24.4 Å². The van der Waals surface area contributed by atoms with Crippen molar-refractivity contribution in [1.82, 2.24) is 10.3 Å². The number of piperidine rings is 1. The predicted octanol–water partition coefficient (Wildman–Crippen LogP) is 2.39. The molecule has 1 saturated heterocycles. The molecule has 0 aromatic carbocycles. The fraction of sp³-hybridized carbons (Fsp3) is 0.647. The Morgan fingerprint density at radius 3 is 2.58 bits per heavy atom. The van der Waals surface area contributed by atoms with Crippen LogP contribution < -0.4 is 16.0 Å². The molecule has 3 rings (SSSR count). The van der Waals surface area contributed by atoms with Gasteiger partial charge in [0.1, 0.15) is 5.82 Å². The average molecular weight is 375 g/mol. The molecule has 2 heterocycles. The monoisotopic (exact) mass is 374 g/mol. The van der Waals surface area contributed by atoms with Crippen molar-refractivity contribution < 1.29 is 4.79 Å². The Balaban J connectivity index is 0.00000144. The minimum absolute atomic E-state index is 0. The van der Waals surface area contributed by atoms with Gasteiger partial charge in [0, 0.05) is 31.2 Å². The molecule has 5 nitrogen and oxygen atoms in total. The second-order valence-electron chi connectivity index (χ2n) is 6.49. The van der Waals surface area contributed by atoms with Gasteiger partial charge in [-0.05, 0) is 50.3 Å². The first kappa shape index (κ1) is 21.0. The number of halogens is 2. The Morgan fingerprint density at radius 1 is 1.21 bits per heavy atom. The molecule has 2 fully saturated rings. The van der Waals surface area contributed by atoms with E-state index in [-0.39, 0.29) is 36.6 Å². The summed E-state index contributed by atoms with van der Waals surface area (Å²) in [5.74, 6) is 1.78. The summed E-state index contributed by atoms with van der Waals surface area (Å²) in [5.41, 5.74) is 5.78. The number of nitrogens with one attached hydrogen (secondary N) is 1. The molecule has 0 bridgehead atoms. The first-order valence-corrected chi connectivity index (χ1v) is 8.44. The first-order chi connectivity index (χ1) is 10.8. The minimum Gasteiger partial charge on any atom is -0.356 e. The lowest BCUT2D eigenvalue weighted by Gasteiger charge is -2.34. The average Bonchev–Trinajstić information content (AvgIpc) is 3.05. The highest BCUT2D eigenvalue weighted by Crippen LogP contribution is 2.31. The highest BCUT2D eigenvalue weighted by Gasteiger charge is 2.33. The van der Waals surface area contributed by atoms with E-state index in [0.29, 0.717) is 18.5 Å². The molecule has 1 aromatic heterocycles. The summed E-state index contributed by atoms with van der Waals surface area (Å²) in [5, 5.41) is 3.26. The number of nitrogens with two attached hydrogens (primary N) is 1. The Bertz CT molecular complexity index is 495. The van der Waals surface area contributed by atoms with Gasteiger partial charge in [-0.25, -0.2) is 4.98 Å². The van der Waals surface area contributed by atoms with E-state index in [9.17, 15) is 4.79 Å². The van der Waals surface area contributed by atoms with E-state index in [4.69, 9.17) is 5.73 Å². The van der Waals surface area contributed by atoms with E-state index in [0.717, 1.165) is 51.0 Å². The van der Waals surface area contributed by atoms with Crippen LogP contribution in [-0.4, -0.2) is 36.6 Å². The van der Waals surface area contributed by atoms with Crippen LogP contribution in [0.1, 0.15) is 32.1 Å². The highest BCUT2D eigenvalue weighted by molar-refractivity contribution is 5.85. The van der Waals surface area contributed by atoms with Crippen molar-refractivity contribution in [2.75, 3.05) is 24.5 Å². The number of pyridine rings is 1. The Morgan fingerprint density at radius 2 is 1.96 bits per heavy atom. The number of carbonyl (C=O) groups is 1. The first-order valence-electron chi connectivity index (χ1n) is 8.44. The second kappa shape index (κ2) is 10.1. The Labute approximate surface area is 156 Å². The molecule has 7 heteroatoms. The fourth-order valence-corrected chi connectivity index (χ4v) is 3.77. The summed E-state index contributed by atoms with van der Waals surface area (Å²) < 4.78 is 0. The predicted molar refractivity (Wildman–Crippen MR) is 102 cm³/mol. The van der Waals surface area contributed by atoms with Crippen LogP contribution in [0.5, 0.6) is 0 Å². The van der Waals surface area contributed by atoms with Crippen molar-refractivity contribution in [2.45, 2.75) is 38.1 Å². The summed E-state index contributed by atoms with van der Waals surface area (Å²) >= 11 is 0. The summed E-state index contributed by atoms with van der Waals surface area (Å²) in [6.07, 6.45) is 7.05. The number of hydrogen-bond donors (Lipinski definition) is 2. The topological polar surface area (TPSA) is 71.2 Å². The molecule has 1 aliphatic carbocycles.